The summed E-state index contributed by atoms with van der Waals surface area (Å²) in [6, 6.07) is 90.3. The van der Waals surface area contributed by atoms with Crippen molar-refractivity contribution in [2.45, 2.75) is 0 Å². The number of fused-ring (bicyclic) bond motifs is 3. The average Bonchev–Trinajstić information content (AvgIpc) is 3.65. The Morgan fingerprint density at radius 2 is 0.627 bits per heavy atom. The standard InChI is InChI=1S/C55H43NOSi2/c1-57-43-22-20-21-42(39-43)56-54-37-35-50(58(44-23-8-2-9-24-44,45-25-10-3-11-26-45)46-27-12-4-13-28-46)40-52(54)53-41-51(36-38-55(53)56)59(47-29-14-5-15-30-47,48-31-16-6-17-32-48)49-33-18-7-19-34-49/h2-41H,1H3. The lowest BCUT2D eigenvalue weighted by Crippen LogP contribution is -2.74. The van der Waals surface area contributed by atoms with Crippen LogP contribution in [0.3, 0.4) is 0 Å². The molecule has 0 amide bonds. The Bertz CT molecular complexity index is 2630. The molecule has 10 rings (SSSR count). The van der Waals surface area contributed by atoms with Gasteiger partial charge in [-0.05, 0) is 65.8 Å². The van der Waals surface area contributed by atoms with E-state index in [2.05, 4.69) is 241 Å². The Labute approximate surface area is 348 Å². The molecule has 0 aliphatic carbocycles. The molecule has 2 nitrogen and oxygen atoms in total. The van der Waals surface area contributed by atoms with Crippen LogP contribution in [0, 0.1) is 0 Å². The first kappa shape index (κ1) is 36.4. The highest BCUT2D eigenvalue weighted by molar-refractivity contribution is 7.20. The maximum absolute atomic E-state index is 5.80. The minimum atomic E-state index is -2.82. The molecule has 282 valence electrons. The SMILES string of the molecule is COc1cccc(-n2c3ccc([Si](c4ccccc4)(c4ccccc4)c4ccccc4)cc3c3cc([Si](c4ccccc4)(c4ccccc4)c4ccccc4)ccc32)c1. The predicted octanol–water partition coefficient (Wildman–Crippen LogP) is 7.55. The molecular formula is C55H43NOSi2. The van der Waals surface area contributed by atoms with Crippen LogP contribution in [0.4, 0.5) is 0 Å². The highest BCUT2D eigenvalue weighted by Gasteiger charge is 2.43. The number of benzene rings is 9. The molecule has 59 heavy (non-hydrogen) atoms. The van der Waals surface area contributed by atoms with E-state index in [0.29, 0.717) is 0 Å². The van der Waals surface area contributed by atoms with E-state index < -0.39 is 16.1 Å². The molecule has 9 aromatic carbocycles. The zero-order valence-corrected chi connectivity index (χ0v) is 34.9. The summed E-state index contributed by atoms with van der Waals surface area (Å²) in [6.45, 7) is 0. The van der Waals surface area contributed by atoms with Gasteiger partial charge in [0.05, 0.1) is 18.1 Å². The van der Waals surface area contributed by atoms with Crippen molar-refractivity contribution in [2.75, 3.05) is 7.11 Å². The Balaban J connectivity index is 1.35. The van der Waals surface area contributed by atoms with Crippen molar-refractivity contribution in [1.29, 1.82) is 0 Å². The summed E-state index contributed by atoms with van der Waals surface area (Å²) < 4.78 is 8.22. The summed E-state index contributed by atoms with van der Waals surface area (Å²) in [5.74, 6) is 0.832. The maximum atomic E-state index is 5.80. The van der Waals surface area contributed by atoms with Crippen molar-refractivity contribution in [3.63, 3.8) is 0 Å². The van der Waals surface area contributed by atoms with E-state index in [1.807, 2.05) is 6.07 Å². The summed E-state index contributed by atoms with van der Waals surface area (Å²) in [6.07, 6.45) is 0. The lowest BCUT2D eigenvalue weighted by molar-refractivity contribution is 0.414. The van der Waals surface area contributed by atoms with Gasteiger partial charge in [-0.25, -0.2) is 0 Å². The first-order chi connectivity index (χ1) is 29.2. The van der Waals surface area contributed by atoms with Crippen LogP contribution in [0.1, 0.15) is 0 Å². The molecule has 1 aromatic heterocycles. The second kappa shape index (κ2) is 15.4. The van der Waals surface area contributed by atoms with Crippen LogP contribution in [0.5, 0.6) is 5.75 Å². The van der Waals surface area contributed by atoms with Gasteiger partial charge in [0.25, 0.3) is 0 Å². The molecule has 0 bridgehead atoms. The first-order valence-electron chi connectivity index (χ1n) is 20.3. The van der Waals surface area contributed by atoms with Gasteiger partial charge >= 0.3 is 0 Å². The number of hydrogen-bond donors (Lipinski definition) is 0. The third kappa shape index (κ3) is 5.99. The molecule has 4 heteroatoms. The topological polar surface area (TPSA) is 14.2 Å². The molecule has 0 spiro atoms. The highest BCUT2D eigenvalue weighted by atomic mass is 28.3. The summed E-state index contributed by atoms with van der Waals surface area (Å²) in [5.41, 5.74) is 3.40. The van der Waals surface area contributed by atoms with Crippen LogP contribution in [0.15, 0.2) is 243 Å². The van der Waals surface area contributed by atoms with Gasteiger partial charge in [0.1, 0.15) is 5.75 Å². The third-order valence-electron chi connectivity index (χ3n) is 12.2. The lowest BCUT2D eigenvalue weighted by Gasteiger charge is -2.34. The smallest absolute Gasteiger partial charge is 0.179 e. The Morgan fingerprint density at radius 3 is 0.932 bits per heavy atom. The number of ether oxygens (including phenoxy) is 1. The summed E-state index contributed by atoms with van der Waals surface area (Å²) >= 11 is 0. The molecule has 0 N–H and O–H groups in total. The Kier molecular flexibility index (Phi) is 9.49. The molecule has 0 unspecified atom stereocenters. The second-order valence-electron chi connectivity index (χ2n) is 15.2. The third-order valence-corrected chi connectivity index (χ3v) is 21.7. The van der Waals surface area contributed by atoms with E-state index in [4.69, 9.17) is 4.74 Å². The number of methoxy groups -OCH3 is 1. The molecule has 0 saturated heterocycles. The van der Waals surface area contributed by atoms with Crippen LogP contribution in [0.25, 0.3) is 27.5 Å². The monoisotopic (exact) mass is 789 g/mol. The quantitative estimate of drug-likeness (QED) is 0.103. The molecule has 0 aliphatic rings. The zero-order valence-electron chi connectivity index (χ0n) is 32.9. The van der Waals surface area contributed by atoms with E-state index in [0.717, 1.165) is 22.5 Å². The van der Waals surface area contributed by atoms with Crippen molar-refractivity contribution in [1.82, 2.24) is 4.57 Å². The van der Waals surface area contributed by atoms with Crippen molar-refractivity contribution in [3.05, 3.63) is 243 Å². The van der Waals surface area contributed by atoms with E-state index in [1.165, 1.54) is 52.3 Å². The molecule has 0 fully saturated rings. The number of nitrogens with zero attached hydrogens (tertiary/aromatic N) is 1. The van der Waals surface area contributed by atoms with E-state index in [1.54, 1.807) is 7.11 Å². The van der Waals surface area contributed by atoms with Gasteiger partial charge in [0.15, 0.2) is 16.1 Å². The largest absolute Gasteiger partial charge is 0.497 e. The normalized spacial score (nSPS) is 11.8. The van der Waals surface area contributed by atoms with Crippen LogP contribution >= 0.6 is 0 Å². The van der Waals surface area contributed by atoms with Gasteiger partial charge in [-0.2, -0.15) is 0 Å². The molecule has 0 radical (unpaired) electrons. The molecular weight excluding hydrogens is 747 g/mol. The fourth-order valence-corrected chi connectivity index (χ4v) is 19.2. The van der Waals surface area contributed by atoms with Crippen molar-refractivity contribution in [2.24, 2.45) is 0 Å². The van der Waals surface area contributed by atoms with Crippen LogP contribution in [-0.2, 0) is 0 Å². The van der Waals surface area contributed by atoms with E-state index >= 15 is 0 Å². The van der Waals surface area contributed by atoms with E-state index in [9.17, 15) is 0 Å². The summed E-state index contributed by atoms with van der Waals surface area (Å²) in [7, 11) is -3.89. The molecule has 0 atom stereocenters. The molecule has 0 saturated carbocycles. The summed E-state index contributed by atoms with van der Waals surface area (Å²) in [4.78, 5) is 0. The number of hydrogen-bond acceptors (Lipinski definition) is 1. The van der Waals surface area contributed by atoms with Gasteiger partial charge < -0.3 is 9.30 Å². The van der Waals surface area contributed by atoms with Crippen molar-refractivity contribution in [3.8, 4) is 11.4 Å². The van der Waals surface area contributed by atoms with Crippen LogP contribution < -0.4 is 46.2 Å². The second-order valence-corrected chi connectivity index (χ2v) is 22.8. The first-order valence-corrected chi connectivity index (χ1v) is 24.3. The Morgan fingerprint density at radius 1 is 0.305 bits per heavy atom. The highest BCUT2D eigenvalue weighted by Crippen LogP contribution is 2.33. The van der Waals surface area contributed by atoms with Crippen molar-refractivity contribution < 1.29 is 4.74 Å². The lowest BCUT2D eigenvalue weighted by atomic mass is 10.1. The van der Waals surface area contributed by atoms with Gasteiger partial charge in [-0.1, -0.05) is 212 Å². The predicted molar refractivity (Wildman–Crippen MR) is 255 cm³/mol. The van der Waals surface area contributed by atoms with Gasteiger partial charge in [0, 0.05) is 22.5 Å². The van der Waals surface area contributed by atoms with E-state index in [-0.39, 0.29) is 0 Å². The number of aromatic nitrogens is 1. The molecule has 1 heterocycles. The summed E-state index contributed by atoms with van der Waals surface area (Å²) in [5, 5.41) is 13.3. The fraction of sp³-hybridized carbons (Fsp3) is 0.0182. The van der Waals surface area contributed by atoms with Gasteiger partial charge in [-0.15, -0.1) is 0 Å². The molecule has 0 aliphatic heterocycles. The van der Waals surface area contributed by atoms with Gasteiger partial charge in [0.2, 0.25) is 0 Å². The minimum Gasteiger partial charge on any atom is -0.497 e. The zero-order chi connectivity index (χ0) is 39.7. The number of rotatable bonds is 10. The maximum Gasteiger partial charge on any atom is 0.179 e. The van der Waals surface area contributed by atoms with Crippen LogP contribution in [-0.4, -0.2) is 27.8 Å². The van der Waals surface area contributed by atoms with Gasteiger partial charge in [-0.3, -0.25) is 0 Å². The fourth-order valence-electron chi connectivity index (χ4n) is 9.65. The average molecular weight is 790 g/mol. The molecule has 10 aromatic rings. The van der Waals surface area contributed by atoms with Crippen LogP contribution in [0.2, 0.25) is 0 Å². The minimum absolute atomic E-state index is 0.832. The van der Waals surface area contributed by atoms with Crippen molar-refractivity contribution >= 4 is 79.4 Å². The Hall–Kier alpha value is -6.99.